The molecule has 1 saturated heterocycles. The molecule has 21 heavy (non-hydrogen) atoms. The molecular formula is C17H30N4. The third-order valence-electron chi connectivity index (χ3n) is 4.32. The van der Waals surface area contributed by atoms with Gasteiger partial charge >= 0.3 is 0 Å². The van der Waals surface area contributed by atoms with Gasteiger partial charge in [0.25, 0.3) is 0 Å². The van der Waals surface area contributed by atoms with Gasteiger partial charge in [-0.2, -0.15) is 0 Å². The van der Waals surface area contributed by atoms with Crippen LogP contribution in [-0.2, 0) is 0 Å². The van der Waals surface area contributed by atoms with Crippen molar-refractivity contribution in [2.75, 3.05) is 23.3 Å². The van der Waals surface area contributed by atoms with E-state index in [2.05, 4.69) is 44.8 Å². The zero-order chi connectivity index (χ0) is 15.4. The number of aromatic nitrogens is 2. The number of anilines is 2. The maximum Gasteiger partial charge on any atom is 0.137 e. The van der Waals surface area contributed by atoms with Crippen LogP contribution in [0.5, 0.6) is 0 Å². The molecule has 1 aromatic rings. The van der Waals surface area contributed by atoms with E-state index in [0.29, 0.717) is 12.0 Å². The Hall–Kier alpha value is -1.32. The molecule has 1 aromatic heterocycles. The molecule has 0 aliphatic carbocycles. The summed E-state index contributed by atoms with van der Waals surface area (Å²) in [6.07, 6.45) is 5.19. The van der Waals surface area contributed by atoms with Gasteiger partial charge in [0.05, 0.1) is 0 Å². The Morgan fingerprint density at radius 2 is 2.00 bits per heavy atom. The van der Waals surface area contributed by atoms with Crippen molar-refractivity contribution in [1.82, 2.24) is 9.97 Å². The van der Waals surface area contributed by atoms with Crippen LogP contribution in [-0.4, -0.2) is 29.1 Å². The first-order valence-electron chi connectivity index (χ1n) is 8.43. The Labute approximate surface area is 129 Å². The first-order valence-corrected chi connectivity index (χ1v) is 8.43. The topological polar surface area (TPSA) is 41.1 Å². The van der Waals surface area contributed by atoms with Gasteiger partial charge in [-0.1, -0.05) is 26.7 Å². The van der Waals surface area contributed by atoms with Gasteiger partial charge in [0.1, 0.15) is 17.5 Å². The molecule has 1 aliphatic heterocycles. The molecule has 118 valence electrons. The first kappa shape index (κ1) is 16.1. The number of nitrogens with zero attached hydrogens (tertiary/aromatic N) is 3. The van der Waals surface area contributed by atoms with Gasteiger partial charge in [-0.15, -0.1) is 0 Å². The van der Waals surface area contributed by atoms with E-state index >= 15 is 0 Å². The van der Waals surface area contributed by atoms with Gasteiger partial charge in [-0.05, 0) is 33.6 Å². The first-order chi connectivity index (χ1) is 10.0. The molecule has 0 radical (unpaired) electrons. The third kappa shape index (κ3) is 3.66. The van der Waals surface area contributed by atoms with Crippen LogP contribution in [0.15, 0.2) is 0 Å². The van der Waals surface area contributed by atoms with Crippen LogP contribution in [0, 0.1) is 6.92 Å². The zero-order valence-corrected chi connectivity index (χ0v) is 14.2. The summed E-state index contributed by atoms with van der Waals surface area (Å²) < 4.78 is 0. The van der Waals surface area contributed by atoms with Gasteiger partial charge in [0.15, 0.2) is 0 Å². The van der Waals surface area contributed by atoms with E-state index in [4.69, 9.17) is 9.97 Å². The van der Waals surface area contributed by atoms with Crippen LogP contribution in [0.2, 0.25) is 0 Å². The fraction of sp³-hybridized carbons (Fsp3) is 0.765. The van der Waals surface area contributed by atoms with Gasteiger partial charge in [-0.3, -0.25) is 0 Å². The van der Waals surface area contributed by atoms with Gasteiger partial charge in [0, 0.05) is 30.6 Å². The molecule has 2 rings (SSSR count). The lowest BCUT2D eigenvalue weighted by Crippen LogP contribution is -2.34. The lowest BCUT2D eigenvalue weighted by molar-refractivity contribution is 0.606. The number of nitrogens with one attached hydrogen (secondary N) is 1. The van der Waals surface area contributed by atoms with Gasteiger partial charge in [0.2, 0.25) is 0 Å². The Morgan fingerprint density at radius 1 is 1.24 bits per heavy atom. The highest BCUT2D eigenvalue weighted by Gasteiger charge is 2.23. The van der Waals surface area contributed by atoms with E-state index in [-0.39, 0.29) is 0 Å². The van der Waals surface area contributed by atoms with Crippen molar-refractivity contribution in [3.8, 4) is 0 Å². The van der Waals surface area contributed by atoms with Crippen LogP contribution in [0.3, 0.4) is 0 Å². The van der Waals surface area contributed by atoms with E-state index in [1.165, 1.54) is 31.2 Å². The molecule has 4 heteroatoms. The molecule has 0 spiro atoms. The van der Waals surface area contributed by atoms with Crippen LogP contribution in [0.4, 0.5) is 11.6 Å². The lowest BCUT2D eigenvalue weighted by Gasteiger charge is -2.30. The number of hydrogen-bond acceptors (Lipinski definition) is 4. The molecule has 0 saturated carbocycles. The van der Waals surface area contributed by atoms with Crippen LogP contribution in [0.25, 0.3) is 0 Å². The average molecular weight is 290 g/mol. The normalized spacial score (nSPS) is 19.7. The second kappa shape index (κ2) is 7.10. The number of hydrogen-bond donors (Lipinski definition) is 1. The van der Waals surface area contributed by atoms with Crippen molar-refractivity contribution in [2.45, 2.75) is 72.3 Å². The summed E-state index contributed by atoms with van der Waals surface area (Å²) >= 11 is 0. The van der Waals surface area contributed by atoms with Crippen molar-refractivity contribution in [3.05, 3.63) is 11.4 Å². The summed E-state index contributed by atoms with van der Waals surface area (Å²) in [4.78, 5) is 12.1. The third-order valence-corrected chi connectivity index (χ3v) is 4.32. The minimum Gasteiger partial charge on any atom is -0.370 e. The highest BCUT2D eigenvalue weighted by atomic mass is 15.2. The molecule has 1 aliphatic rings. The summed E-state index contributed by atoms with van der Waals surface area (Å²) in [5.74, 6) is 3.44. The van der Waals surface area contributed by atoms with Gasteiger partial charge in [-0.25, -0.2) is 9.97 Å². The zero-order valence-electron chi connectivity index (χ0n) is 14.2. The fourth-order valence-electron chi connectivity index (χ4n) is 2.99. The van der Waals surface area contributed by atoms with Crippen LogP contribution >= 0.6 is 0 Å². The van der Waals surface area contributed by atoms with E-state index in [1.54, 1.807) is 0 Å². The second-order valence-electron chi connectivity index (χ2n) is 6.46. The van der Waals surface area contributed by atoms with Crippen molar-refractivity contribution < 1.29 is 0 Å². The smallest absolute Gasteiger partial charge is 0.137 e. The molecule has 0 aromatic carbocycles. The summed E-state index contributed by atoms with van der Waals surface area (Å²) in [7, 11) is 0. The predicted molar refractivity (Wildman–Crippen MR) is 90.3 cm³/mol. The fourth-order valence-corrected chi connectivity index (χ4v) is 2.99. The number of rotatable bonds is 4. The van der Waals surface area contributed by atoms with Gasteiger partial charge < -0.3 is 10.2 Å². The average Bonchev–Trinajstić information content (AvgIpc) is 2.66. The van der Waals surface area contributed by atoms with Crippen LogP contribution in [0.1, 0.15) is 70.7 Å². The highest BCUT2D eigenvalue weighted by Crippen LogP contribution is 2.30. The van der Waals surface area contributed by atoms with Crippen molar-refractivity contribution in [2.24, 2.45) is 0 Å². The maximum absolute atomic E-state index is 4.91. The molecule has 4 nitrogen and oxygen atoms in total. The highest BCUT2D eigenvalue weighted by molar-refractivity contribution is 5.59. The summed E-state index contributed by atoms with van der Waals surface area (Å²) in [6.45, 7) is 12.9. The van der Waals surface area contributed by atoms with Crippen molar-refractivity contribution in [3.63, 3.8) is 0 Å². The lowest BCUT2D eigenvalue weighted by atomic mass is 10.1. The predicted octanol–water partition coefficient (Wildman–Crippen LogP) is 4.11. The second-order valence-corrected chi connectivity index (χ2v) is 6.46. The minimum absolute atomic E-state index is 0.351. The van der Waals surface area contributed by atoms with Crippen molar-refractivity contribution >= 4 is 11.6 Å². The van der Waals surface area contributed by atoms with E-state index in [1.807, 2.05) is 0 Å². The summed E-state index contributed by atoms with van der Waals surface area (Å²) in [6, 6.07) is 0.565. The molecule has 1 atom stereocenters. The Bertz CT molecular complexity index is 470. The summed E-state index contributed by atoms with van der Waals surface area (Å²) in [5.41, 5.74) is 1.19. The maximum atomic E-state index is 4.91. The van der Waals surface area contributed by atoms with E-state index < -0.39 is 0 Å². The van der Waals surface area contributed by atoms with E-state index in [0.717, 1.165) is 30.5 Å². The molecule has 1 fully saturated rings. The van der Waals surface area contributed by atoms with Crippen LogP contribution < -0.4 is 10.2 Å². The monoisotopic (exact) mass is 290 g/mol. The SMILES string of the molecule is CCNc1nc(C(C)C)nc(N2CCCCCC2C)c1C. The Kier molecular flexibility index (Phi) is 5.43. The molecule has 0 bridgehead atoms. The van der Waals surface area contributed by atoms with E-state index in [9.17, 15) is 0 Å². The molecular weight excluding hydrogens is 260 g/mol. The molecule has 1 unspecified atom stereocenters. The summed E-state index contributed by atoms with van der Waals surface area (Å²) in [5, 5.41) is 3.40. The quantitative estimate of drug-likeness (QED) is 0.906. The standard InChI is InChI=1S/C17H30N4/c1-6-18-16-14(5)17(20-15(19-16)12(2)3)21-11-9-7-8-10-13(21)4/h12-13H,6-11H2,1-5H3,(H,18,19,20). The molecule has 0 amide bonds. The molecule has 1 N–H and O–H groups in total. The largest absolute Gasteiger partial charge is 0.370 e. The Balaban J connectivity index is 2.44. The van der Waals surface area contributed by atoms with Crippen molar-refractivity contribution in [1.29, 1.82) is 0 Å². The molecule has 2 heterocycles. The Morgan fingerprint density at radius 3 is 2.67 bits per heavy atom. The minimum atomic E-state index is 0.351.